The monoisotopic (exact) mass is 477 g/mol. The average Bonchev–Trinajstić information content (AvgIpc) is 3.44. The van der Waals surface area contributed by atoms with E-state index in [2.05, 4.69) is 49.4 Å². The Labute approximate surface area is 204 Å². The van der Waals surface area contributed by atoms with Gasteiger partial charge in [-0.25, -0.2) is 0 Å². The summed E-state index contributed by atoms with van der Waals surface area (Å²) in [4.78, 5) is 12.6. The molecule has 0 atom stereocenters. The van der Waals surface area contributed by atoms with E-state index >= 15 is 0 Å². The molecule has 4 aromatic rings. The van der Waals surface area contributed by atoms with Gasteiger partial charge in [0.25, 0.3) is 5.91 Å². The number of hydrogen-bond acceptors (Lipinski definition) is 4. The molecule has 0 unspecified atom stereocenters. The van der Waals surface area contributed by atoms with E-state index in [0.29, 0.717) is 18.0 Å². The Hall–Kier alpha value is -3.51. The highest BCUT2D eigenvalue weighted by molar-refractivity contribution is 6.31. The molecule has 0 saturated carbocycles. The molecule has 176 valence electrons. The smallest absolute Gasteiger partial charge is 0.291 e. The Morgan fingerprint density at radius 1 is 1.18 bits per heavy atom. The number of rotatable bonds is 8. The first kappa shape index (κ1) is 23.6. The van der Waals surface area contributed by atoms with Crippen LogP contribution in [0.25, 0.3) is 0 Å². The number of nitrogens with zero attached hydrogens (tertiary/aromatic N) is 2. The third-order valence-corrected chi connectivity index (χ3v) is 5.89. The largest absolute Gasteiger partial charge is 0.485 e. The molecule has 0 bridgehead atoms. The summed E-state index contributed by atoms with van der Waals surface area (Å²) in [6.07, 6.45) is 3.42. The van der Waals surface area contributed by atoms with Crippen LogP contribution in [0.2, 0.25) is 5.02 Å². The highest BCUT2D eigenvalue weighted by Gasteiger charge is 2.15. The zero-order valence-electron chi connectivity index (χ0n) is 19.8. The molecule has 1 amide bonds. The molecule has 2 aromatic carbocycles. The molecular formula is C27H28ClN3O3. The maximum absolute atomic E-state index is 12.6. The van der Waals surface area contributed by atoms with Crippen molar-refractivity contribution in [3.05, 3.63) is 99.7 Å². The van der Waals surface area contributed by atoms with Crippen LogP contribution in [0.1, 0.15) is 58.3 Å². The van der Waals surface area contributed by atoms with E-state index < -0.39 is 0 Å². The van der Waals surface area contributed by atoms with E-state index in [0.717, 1.165) is 27.5 Å². The van der Waals surface area contributed by atoms with E-state index in [1.54, 1.807) is 29.2 Å². The summed E-state index contributed by atoms with van der Waals surface area (Å²) < 4.78 is 13.5. The standard InChI is InChI=1S/C27H28ClN3O3/c1-17(2)23-12-24(28)19(4)11-26(23)33-16-22-8-9-25(34-22)27(32)30-21-13-29-31(15-21)14-20-7-5-6-18(3)10-20/h5-13,15,17H,14,16H2,1-4H3,(H,30,32). The van der Waals surface area contributed by atoms with Crippen LogP contribution in [0.4, 0.5) is 5.69 Å². The Bertz CT molecular complexity index is 1310. The van der Waals surface area contributed by atoms with Gasteiger partial charge in [0.15, 0.2) is 5.76 Å². The number of carbonyl (C=O) groups excluding carboxylic acids is 1. The fourth-order valence-electron chi connectivity index (χ4n) is 3.68. The van der Waals surface area contributed by atoms with E-state index in [9.17, 15) is 4.79 Å². The first-order valence-corrected chi connectivity index (χ1v) is 11.6. The molecule has 0 aliphatic heterocycles. The summed E-state index contributed by atoms with van der Waals surface area (Å²) in [6.45, 7) is 9.02. The summed E-state index contributed by atoms with van der Waals surface area (Å²) in [7, 11) is 0. The van der Waals surface area contributed by atoms with Crippen LogP contribution >= 0.6 is 11.6 Å². The highest BCUT2D eigenvalue weighted by Crippen LogP contribution is 2.32. The SMILES string of the molecule is Cc1cccc(Cn2cc(NC(=O)c3ccc(COc4cc(C)c(Cl)cc4C(C)C)o3)cn2)c1. The molecule has 2 heterocycles. The van der Waals surface area contributed by atoms with Gasteiger partial charge in [0, 0.05) is 11.2 Å². The number of furan rings is 1. The zero-order chi connectivity index (χ0) is 24.2. The van der Waals surface area contributed by atoms with Crippen molar-refractivity contribution in [3.63, 3.8) is 0 Å². The van der Waals surface area contributed by atoms with E-state index in [-0.39, 0.29) is 24.2 Å². The predicted molar refractivity (Wildman–Crippen MR) is 134 cm³/mol. The molecule has 6 nitrogen and oxygen atoms in total. The zero-order valence-corrected chi connectivity index (χ0v) is 20.5. The number of amides is 1. The van der Waals surface area contributed by atoms with Crippen molar-refractivity contribution >= 4 is 23.2 Å². The Morgan fingerprint density at radius 3 is 2.76 bits per heavy atom. The lowest BCUT2D eigenvalue weighted by molar-refractivity contribution is 0.0992. The van der Waals surface area contributed by atoms with E-state index in [1.165, 1.54) is 5.56 Å². The molecule has 1 N–H and O–H groups in total. The van der Waals surface area contributed by atoms with Crippen LogP contribution < -0.4 is 10.1 Å². The van der Waals surface area contributed by atoms with Crippen LogP contribution in [-0.2, 0) is 13.2 Å². The van der Waals surface area contributed by atoms with Gasteiger partial charge in [-0.2, -0.15) is 5.10 Å². The minimum absolute atomic E-state index is 0.210. The third kappa shape index (κ3) is 5.69. The van der Waals surface area contributed by atoms with Crippen molar-refractivity contribution in [1.29, 1.82) is 0 Å². The van der Waals surface area contributed by atoms with Crippen molar-refractivity contribution in [3.8, 4) is 5.75 Å². The van der Waals surface area contributed by atoms with Gasteiger partial charge in [-0.05, 0) is 60.7 Å². The highest BCUT2D eigenvalue weighted by atomic mass is 35.5. The maximum atomic E-state index is 12.6. The summed E-state index contributed by atoms with van der Waals surface area (Å²) in [5.74, 6) is 1.45. The van der Waals surface area contributed by atoms with Crippen LogP contribution in [0.5, 0.6) is 5.75 Å². The van der Waals surface area contributed by atoms with Crippen molar-refractivity contribution in [2.45, 2.75) is 46.8 Å². The topological polar surface area (TPSA) is 69.3 Å². The summed E-state index contributed by atoms with van der Waals surface area (Å²) in [5, 5.41) is 7.88. The lowest BCUT2D eigenvalue weighted by Gasteiger charge is -2.15. The molecule has 0 aliphatic rings. The number of nitrogens with one attached hydrogen (secondary N) is 1. The lowest BCUT2D eigenvalue weighted by atomic mass is 10.0. The molecular weight excluding hydrogens is 450 g/mol. The number of ether oxygens (including phenoxy) is 1. The normalized spacial score (nSPS) is 11.1. The van der Waals surface area contributed by atoms with Crippen molar-refractivity contribution in [1.82, 2.24) is 9.78 Å². The first-order chi connectivity index (χ1) is 16.3. The first-order valence-electron chi connectivity index (χ1n) is 11.2. The van der Waals surface area contributed by atoms with Gasteiger partial charge in [0.1, 0.15) is 18.1 Å². The quantitative estimate of drug-likeness (QED) is 0.304. The van der Waals surface area contributed by atoms with Gasteiger partial charge >= 0.3 is 0 Å². The molecule has 2 aromatic heterocycles. The van der Waals surface area contributed by atoms with E-state index in [4.69, 9.17) is 20.8 Å². The van der Waals surface area contributed by atoms with Gasteiger partial charge in [0.05, 0.1) is 18.4 Å². The maximum Gasteiger partial charge on any atom is 0.291 e. The Morgan fingerprint density at radius 2 is 2.00 bits per heavy atom. The van der Waals surface area contributed by atoms with Gasteiger partial charge in [0.2, 0.25) is 0 Å². The predicted octanol–water partition coefficient (Wildman–Crippen LogP) is 6.75. The summed E-state index contributed by atoms with van der Waals surface area (Å²) >= 11 is 6.28. The molecule has 0 radical (unpaired) electrons. The molecule has 7 heteroatoms. The Balaban J connectivity index is 1.37. The molecule has 4 rings (SSSR count). The van der Waals surface area contributed by atoms with Gasteiger partial charge in [-0.15, -0.1) is 0 Å². The minimum Gasteiger partial charge on any atom is -0.485 e. The number of carbonyl (C=O) groups is 1. The summed E-state index contributed by atoms with van der Waals surface area (Å²) in [6, 6.07) is 15.5. The molecule has 34 heavy (non-hydrogen) atoms. The van der Waals surface area contributed by atoms with Crippen molar-refractivity contribution < 1.29 is 13.9 Å². The molecule has 0 saturated heterocycles. The summed E-state index contributed by atoms with van der Waals surface area (Å²) in [5.41, 5.74) is 4.92. The third-order valence-electron chi connectivity index (χ3n) is 5.49. The van der Waals surface area contributed by atoms with Crippen LogP contribution in [0.3, 0.4) is 0 Å². The van der Waals surface area contributed by atoms with Gasteiger partial charge in [-0.3, -0.25) is 9.48 Å². The minimum atomic E-state index is -0.341. The number of benzene rings is 2. The second-order valence-electron chi connectivity index (χ2n) is 8.72. The fraction of sp³-hybridized carbons (Fsp3) is 0.259. The van der Waals surface area contributed by atoms with Crippen molar-refractivity contribution in [2.75, 3.05) is 5.32 Å². The Kier molecular flexibility index (Phi) is 7.08. The second kappa shape index (κ2) is 10.2. The van der Waals surface area contributed by atoms with Crippen LogP contribution in [-0.4, -0.2) is 15.7 Å². The molecule has 0 spiro atoms. The number of aromatic nitrogens is 2. The molecule has 0 aliphatic carbocycles. The van der Waals surface area contributed by atoms with E-state index in [1.807, 2.05) is 25.1 Å². The van der Waals surface area contributed by atoms with Gasteiger partial charge < -0.3 is 14.5 Å². The second-order valence-corrected chi connectivity index (χ2v) is 9.13. The molecule has 0 fully saturated rings. The average molecular weight is 478 g/mol. The number of hydrogen-bond donors (Lipinski definition) is 1. The van der Waals surface area contributed by atoms with Crippen LogP contribution in [0, 0.1) is 13.8 Å². The number of anilines is 1. The number of aryl methyl sites for hydroxylation is 2. The van der Waals surface area contributed by atoms with Crippen molar-refractivity contribution in [2.24, 2.45) is 0 Å². The number of halogens is 1. The van der Waals surface area contributed by atoms with Gasteiger partial charge in [-0.1, -0.05) is 55.3 Å². The fourth-order valence-corrected chi connectivity index (χ4v) is 3.85. The lowest BCUT2D eigenvalue weighted by Crippen LogP contribution is -2.10. The van der Waals surface area contributed by atoms with Crippen LogP contribution in [0.15, 0.2) is 65.3 Å².